The summed E-state index contributed by atoms with van der Waals surface area (Å²) in [5.74, 6) is 0. The Labute approximate surface area is 98.3 Å². The molecule has 3 nitrogen and oxygen atoms in total. The molecule has 0 amide bonds. The summed E-state index contributed by atoms with van der Waals surface area (Å²) in [6.45, 7) is 6.22. The first-order valence-corrected chi connectivity index (χ1v) is 5.43. The molecule has 0 saturated carbocycles. The van der Waals surface area contributed by atoms with Gasteiger partial charge in [-0.2, -0.15) is 0 Å². The lowest BCUT2D eigenvalue weighted by atomic mass is 9.76. The lowest BCUT2D eigenvalue weighted by Crippen LogP contribution is -2.33. The predicted molar refractivity (Wildman–Crippen MR) is 64.2 cm³/mol. The van der Waals surface area contributed by atoms with Gasteiger partial charge in [-0.1, -0.05) is 42.8 Å². The van der Waals surface area contributed by atoms with Gasteiger partial charge in [-0.3, -0.25) is 10.1 Å². The maximum Gasteiger partial charge on any atom is 0.522 e. The Kier molecular flexibility index (Phi) is 3.95. The third kappa shape index (κ3) is 3.31. The Morgan fingerprint density at radius 1 is 1.27 bits per heavy atom. The van der Waals surface area contributed by atoms with Crippen molar-refractivity contribution >= 4 is 28.5 Å². The average molecular weight is 273 g/mol. The van der Waals surface area contributed by atoms with Crippen LogP contribution in [-0.4, -0.2) is 17.4 Å². The van der Waals surface area contributed by atoms with Gasteiger partial charge in [0.25, 0.3) is 0 Å². The van der Waals surface area contributed by atoms with Crippen molar-refractivity contribution in [3.05, 3.63) is 28.2 Å². The van der Waals surface area contributed by atoms with E-state index < -0.39 is 7.12 Å². The number of rotatable bonds is 2. The molecule has 0 saturated heterocycles. The topological polar surface area (TPSA) is 49.7 Å². The first-order chi connectivity index (χ1) is 6.84. The summed E-state index contributed by atoms with van der Waals surface area (Å²) in [5, 5.41) is 17.8. The summed E-state index contributed by atoms with van der Waals surface area (Å²) >= 11 is 3.35. The molecule has 0 aromatic heterocycles. The molecule has 0 aliphatic heterocycles. The zero-order chi connectivity index (χ0) is 11.6. The van der Waals surface area contributed by atoms with Crippen LogP contribution in [0.2, 0.25) is 0 Å². The highest BCUT2D eigenvalue weighted by Crippen LogP contribution is 2.24. The van der Waals surface area contributed by atoms with Crippen LogP contribution in [-0.2, 0) is 10.2 Å². The summed E-state index contributed by atoms with van der Waals surface area (Å²) in [7, 11) is -1.30. The van der Waals surface area contributed by atoms with Crippen LogP contribution in [0.25, 0.3) is 0 Å². The van der Waals surface area contributed by atoms with E-state index in [1.807, 2.05) is 12.1 Å². The molecule has 0 atom stereocenters. The molecule has 82 valence electrons. The number of benzene rings is 1. The van der Waals surface area contributed by atoms with Crippen molar-refractivity contribution in [3.8, 4) is 0 Å². The predicted octanol–water partition coefficient (Wildman–Crippen LogP) is 1.92. The Morgan fingerprint density at radius 3 is 2.33 bits per heavy atom. The molecular formula is C10H14BBrO3. The second-order valence-electron chi connectivity index (χ2n) is 4.48. The van der Waals surface area contributed by atoms with E-state index in [9.17, 15) is 5.02 Å². The van der Waals surface area contributed by atoms with E-state index in [4.69, 9.17) is 5.26 Å². The third-order valence-corrected chi connectivity index (χ3v) is 2.63. The van der Waals surface area contributed by atoms with Crippen LogP contribution in [0.3, 0.4) is 0 Å². The normalized spacial score (nSPS) is 11.6. The van der Waals surface area contributed by atoms with Gasteiger partial charge in [0.1, 0.15) is 0 Å². The molecule has 0 heterocycles. The van der Waals surface area contributed by atoms with Crippen molar-refractivity contribution in [3.63, 3.8) is 0 Å². The Morgan fingerprint density at radius 2 is 1.87 bits per heavy atom. The number of hydrogen-bond acceptors (Lipinski definition) is 3. The van der Waals surface area contributed by atoms with Gasteiger partial charge < -0.3 is 5.02 Å². The van der Waals surface area contributed by atoms with E-state index in [1.54, 1.807) is 6.07 Å². The minimum Gasteiger partial charge on any atom is -0.422 e. The maximum atomic E-state index is 9.35. The second-order valence-corrected chi connectivity index (χ2v) is 5.40. The first-order valence-electron chi connectivity index (χ1n) is 4.64. The van der Waals surface area contributed by atoms with E-state index in [2.05, 4.69) is 41.5 Å². The van der Waals surface area contributed by atoms with E-state index in [0.29, 0.717) is 5.46 Å². The van der Waals surface area contributed by atoms with Gasteiger partial charge in [0.05, 0.1) is 0 Å². The van der Waals surface area contributed by atoms with Crippen LogP contribution < -0.4 is 5.46 Å². The smallest absolute Gasteiger partial charge is 0.422 e. The zero-order valence-electron chi connectivity index (χ0n) is 8.99. The fraction of sp³-hybridized carbons (Fsp3) is 0.400. The van der Waals surface area contributed by atoms with Gasteiger partial charge in [-0.25, -0.2) is 0 Å². The fourth-order valence-electron chi connectivity index (χ4n) is 1.25. The van der Waals surface area contributed by atoms with Gasteiger partial charge in [0, 0.05) is 4.47 Å². The molecule has 5 heteroatoms. The van der Waals surface area contributed by atoms with Crippen LogP contribution in [0.15, 0.2) is 22.7 Å². The molecule has 0 aliphatic carbocycles. The molecule has 15 heavy (non-hydrogen) atoms. The Hall–Kier alpha value is -0.355. The van der Waals surface area contributed by atoms with Crippen LogP contribution in [0.1, 0.15) is 26.3 Å². The summed E-state index contributed by atoms with van der Waals surface area (Å²) in [4.78, 5) is 3.89. The first kappa shape index (κ1) is 12.7. The summed E-state index contributed by atoms with van der Waals surface area (Å²) in [6.07, 6.45) is 0. The molecular weight excluding hydrogens is 259 g/mol. The standard InChI is InChI=1S/C10H14BBrO3/c1-10(2,3)7-4-8(11(13)15-14)6-9(12)5-7/h4-6,13-14H,1-3H3. The summed E-state index contributed by atoms with van der Waals surface area (Å²) in [5.41, 5.74) is 1.56. The van der Waals surface area contributed by atoms with Crippen LogP contribution in [0, 0.1) is 0 Å². The van der Waals surface area contributed by atoms with E-state index >= 15 is 0 Å². The van der Waals surface area contributed by atoms with Gasteiger partial charge in [-0.05, 0) is 28.6 Å². The highest BCUT2D eigenvalue weighted by Gasteiger charge is 2.21. The third-order valence-electron chi connectivity index (χ3n) is 2.17. The van der Waals surface area contributed by atoms with Crippen LogP contribution >= 0.6 is 15.9 Å². The fourth-order valence-corrected chi connectivity index (χ4v) is 1.76. The van der Waals surface area contributed by atoms with Crippen LogP contribution in [0.5, 0.6) is 0 Å². The van der Waals surface area contributed by atoms with Crippen molar-refractivity contribution < 1.29 is 15.1 Å². The lowest BCUT2D eigenvalue weighted by Gasteiger charge is -2.20. The van der Waals surface area contributed by atoms with Gasteiger partial charge in [-0.15, -0.1) is 0 Å². The SMILES string of the molecule is CC(C)(C)c1cc(Br)cc(B(O)OO)c1. The van der Waals surface area contributed by atoms with E-state index in [0.717, 1.165) is 10.0 Å². The molecule has 0 unspecified atom stereocenters. The van der Waals surface area contributed by atoms with Gasteiger partial charge in [0.2, 0.25) is 0 Å². The lowest BCUT2D eigenvalue weighted by molar-refractivity contribution is -0.154. The molecule has 0 fully saturated rings. The molecule has 0 aliphatic rings. The van der Waals surface area contributed by atoms with E-state index in [1.165, 1.54) is 0 Å². The minimum absolute atomic E-state index is 0.0201. The van der Waals surface area contributed by atoms with Crippen molar-refractivity contribution in [1.29, 1.82) is 0 Å². The molecule has 1 rings (SSSR count). The van der Waals surface area contributed by atoms with Crippen molar-refractivity contribution in [2.75, 3.05) is 0 Å². The summed E-state index contributed by atoms with van der Waals surface area (Å²) < 4.78 is 0.848. The molecule has 0 bridgehead atoms. The van der Waals surface area contributed by atoms with Crippen molar-refractivity contribution in [1.82, 2.24) is 0 Å². The van der Waals surface area contributed by atoms with Crippen molar-refractivity contribution in [2.45, 2.75) is 26.2 Å². The van der Waals surface area contributed by atoms with Gasteiger partial charge >= 0.3 is 7.12 Å². The Bertz CT molecular complexity index is 349. The van der Waals surface area contributed by atoms with Crippen LogP contribution in [0.4, 0.5) is 0 Å². The summed E-state index contributed by atoms with van der Waals surface area (Å²) in [6, 6.07) is 5.50. The Balaban J connectivity index is 3.17. The average Bonchev–Trinajstić information content (AvgIpc) is 2.14. The molecule has 0 radical (unpaired) electrons. The molecule has 2 N–H and O–H groups in total. The van der Waals surface area contributed by atoms with Crippen molar-refractivity contribution in [2.24, 2.45) is 0 Å². The number of hydrogen-bond donors (Lipinski definition) is 2. The maximum absolute atomic E-state index is 9.35. The highest BCUT2D eigenvalue weighted by atomic mass is 79.9. The zero-order valence-corrected chi connectivity index (χ0v) is 10.6. The highest BCUT2D eigenvalue weighted by molar-refractivity contribution is 9.10. The second kappa shape index (κ2) is 4.66. The largest absolute Gasteiger partial charge is 0.522 e. The van der Waals surface area contributed by atoms with Gasteiger partial charge in [0.15, 0.2) is 0 Å². The minimum atomic E-state index is -1.30. The molecule has 1 aromatic carbocycles. The number of halogens is 1. The molecule has 1 aromatic rings. The molecule has 0 spiro atoms. The van der Waals surface area contributed by atoms with E-state index in [-0.39, 0.29) is 5.41 Å². The monoisotopic (exact) mass is 272 g/mol. The quantitative estimate of drug-likeness (QED) is 0.491.